The molecule has 1 saturated carbocycles. The second-order valence-electron chi connectivity index (χ2n) is 6.78. The minimum atomic E-state index is -1.49. The molecule has 0 unspecified atom stereocenters. The lowest BCUT2D eigenvalue weighted by atomic mass is 9.51. The number of ketones is 1. The van der Waals surface area contributed by atoms with Crippen molar-refractivity contribution in [3.8, 4) is 0 Å². The van der Waals surface area contributed by atoms with E-state index in [1.54, 1.807) is 6.92 Å². The second kappa shape index (κ2) is 4.04. The van der Waals surface area contributed by atoms with Gasteiger partial charge in [0, 0.05) is 11.7 Å². The molecule has 5 heteroatoms. The molecule has 2 fully saturated rings. The van der Waals surface area contributed by atoms with Gasteiger partial charge in [-0.3, -0.25) is 4.79 Å². The van der Waals surface area contributed by atoms with Crippen molar-refractivity contribution in [1.82, 2.24) is 0 Å². The molecular weight excluding hydrogens is 234 g/mol. The number of alkyl halides is 1. The Hall–Kier alpha value is -0.415. The predicted octanol–water partition coefficient (Wildman–Crippen LogP) is 2.93. The third kappa shape index (κ3) is 1.92. The molecule has 0 radical (unpaired) electrons. The van der Waals surface area contributed by atoms with Gasteiger partial charge in [-0.05, 0) is 40.5 Å². The van der Waals surface area contributed by atoms with Crippen molar-refractivity contribution in [1.29, 1.82) is 0 Å². The SMILES string of the molecule is CC1(C)OB([C@@]2(C)CCCC(=O)[C@@H]2F)OC1(C)C. The molecule has 102 valence electrons. The largest absolute Gasteiger partial charge is 0.467 e. The number of rotatable bonds is 1. The molecule has 0 aromatic rings. The van der Waals surface area contributed by atoms with E-state index >= 15 is 0 Å². The van der Waals surface area contributed by atoms with Crippen molar-refractivity contribution in [2.24, 2.45) is 0 Å². The van der Waals surface area contributed by atoms with Crippen molar-refractivity contribution in [3.63, 3.8) is 0 Å². The van der Waals surface area contributed by atoms with Crippen LogP contribution in [0, 0.1) is 0 Å². The van der Waals surface area contributed by atoms with Gasteiger partial charge in [0.05, 0.1) is 11.2 Å². The smallest absolute Gasteiger partial charge is 0.403 e. The molecule has 0 spiro atoms. The summed E-state index contributed by atoms with van der Waals surface area (Å²) >= 11 is 0. The highest BCUT2D eigenvalue weighted by Crippen LogP contribution is 2.52. The van der Waals surface area contributed by atoms with Crippen LogP contribution in [0.2, 0.25) is 5.31 Å². The summed E-state index contributed by atoms with van der Waals surface area (Å²) in [6, 6.07) is 0. The van der Waals surface area contributed by atoms with E-state index in [0.29, 0.717) is 19.3 Å². The van der Waals surface area contributed by atoms with Crippen LogP contribution in [0.25, 0.3) is 0 Å². The fraction of sp³-hybridized carbons (Fsp3) is 0.923. The van der Waals surface area contributed by atoms with Crippen LogP contribution in [0.4, 0.5) is 4.39 Å². The number of hydrogen-bond acceptors (Lipinski definition) is 3. The molecule has 1 aliphatic heterocycles. The zero-order chi connectivity index (χ0) is 13.8. The van der Waals surface area contributed by atoms with Crippen molar-refractivity contribution in [3.05, 3.63) is 0 Å². The lowest BCUT2D eigenvalue weighted by Gasteiger charge is -2.37. The fourth-order valence-corrected chi connectivity index (χ4v) is 2.61. The van der Waals surface area contributed by atoms with Gasteiger partial charge in [-0.2, -0.15) is 0 Å². The number of Topliss-reactive ketones (excluding diaryl/α,β-unsaturated/α-hetero) is 1. The van der Waals surface area contributed by atoms with E-state index in [2.05, 4.69) is 0 Å². The predicted molar refractivity (Wildman–Crippen MR) is 68.2 cm³/mol. The van der Waals surface area contributed by atoms with Crippen LogP contribution >= 0.6 is 0 Å². The number of carbonyl (C=O) groups is 1. The van der Waals surface area contributed by atoms with Crippen LogP contribution in [0.3, 0.4) is 0 Å². The topological polar surface area (TPSA) is 35.5 Å². The van der Waals surface area contributed by atoms with E-state index in [4.69, 9.17) is 9.31 Å². The Morgan fingerprint density at radius 2 is 1.67 bits per heavy atom. The van der Waals surface area contributed by atoms with Gasteiger partial charge in [0.2, 0.25) is 0 Å². The van der Waals surface area contributed by atoms with Gasteiger partial charge in [-0.15, -0.1) is 0 Å². The second-order valence-corrected chi connectivity index (χ2v) is 6.78. The molecule has 0 aromatic heterocycles. The summed E-state index contributed by atoms with van der Waals surface area (Å²) in [6.45, 7) is 9.52. The van der Waals surface area contributed by atoms with Crippen LogP contribution in [0.5, 0.6) is 0 Å². The monoisotopic (exact) mass is 256 g/mol. The van der Waals surface area contributed by atoms with Crippen LogP contribution in [-0.2, 0) is 14.1 Å². The molecule has 2 aliphatic rings. The van der Waals surface area contributed by atoms with E-state index < -0.39 is 29.8 Å². The first-order valence-corrected chi connectivity index (χ1v) is 6.63. The Morgan fingerprint density at radius 3 is 2.17 bits per heavy atom. The first-order chi connectivity index (χ1) is 8.10. The highest BCUT2D eigenvalue weighted by atomic mass is 19.1. The lowest BCUT2D eigenvalue weighted by molar-refractivity contribution is -0.127. The minimum absolute atomic E-state index is 0.321. The maximum absolute atomic E-state index is 14.3. The summed E-state index contributed by atoms with van der Waals surface area (Å²) in [4.78, 5) is 11.6. The van der Waals surface area contributed by atoms with E-state index in [9.17, 15) is 9.18 Å². The van der Waals surface area contributed by atoms with Crippen molar-refractivity contribution < 1.29 is 18.5 Å². The maximum atomic E-state index is 14.3. The average molecular weight is 256 g/mol. The third-order valence-electron chi connectivity index (χ3n) is 4.79. The fourth-order valence-electron chi connectivity index (χ4n) is 2.61. The Morgan fingerprint density at radius 1 is 1.17 bits per heavy atom. The summed E-state index contributed by atoms with van der Waals surface area (Å²) in [5.74, 6) is -0.321. The van der Waals surface area contributed by atoms with E-state index in [1.807, 2.05) is 27.7 Å². The Bertz CT molecular complexity index is 353. The van der Waals surface area contributed by atoms with Crippen molar-refractivity contribution in [2.75, 3.05) is 0 Å². The summed E-state index contributed by atoms with van der Waals surface area (Å²) in [6.07, 6.45) is 0.174. The van der Waals surface area contributed by atoms with Crippen LogP contribution in [0.15, 0.2) is 0 Å². The van der Waals surface area contributed by atoms with Gasteiger partial charge in [0.1, 0.15) is 0 Å². The van der Waals surface area contributed by atoms with Crippen LogP contribution in [-0.4, -0.2) is 30.3 Å². The number of carbonyl (C=O) groups excluding carboxylic acids is 1. The molecule has 1 saturated heterocycles. The summed E-state index contributed by atoms with van der Waals surface area (Å²) < 4.78 is 26.1. The molecule has 1 heterocycles. The molecule has 0 aromatic carbocycles. The molecule has 1 aliphatic carbocycles. The highest BCUT2D eigenvalue weighted by molar-refractivity contribution is 6.50. The maximum Gasteiger partial charge on any atom is 0.467 e. The molecule has 2 rings (SSSR count). The standard InChI is InChI=1S/C13H22BFO3/c1-11(2)12(3,4)18-14(17-11)13(5)8-6-7-9(16)10(13)15/h10H,6-8H2,1-5H3/t10-,13-/m0/s1. The van der Waals surface area contributed by atoms with Gasteiger partial charge < -0.3 is 9.31 Å². The number of halogens is 1. The zero-order valence-electron chi connectivity index (χ0n) is 11.9. The number of hydrogen-bond donors (Lipinski definition) is 0. The molecule has 0 bridgehead atoms. The first kappa shape index (κ1) is 14.0. The van der Waals surface area contributed by atoms with E-state index in [-0.39, 0.29) is 5.78 Å². The molecule has 2 atom stereocenters. The van der Waals surface area contributed by atoms with Gasteiger partial charge in [-0.25, -0.2) is 4.39 Å². The van der Waals surface area contributed by atoms with Crippen molar-refractivity contribution in [2.45, 2.75) is 76.6 Å². The lowest BCUT2D eigenvalue weighted by Crippen LogP contribution is -2.46. The minimum Gasteiger partial charge on any atom is -0.403 e. The van der Waals surface area contributed by atoms with Crippen LogP contribution in [0.1, 0.15) is 53.9 Å². The van der Waals surface area contributed by atoms with Crippen LogP contribution < -0.4 is 0 Å². The van der Waals surface area contributed by atoms with E-state index in [1.165, 1.54) is 0 Å². The van der Waals surface area contributed by atoms with Gasteiger partial charge >= 0.3 is 7.12 Å². The average Bonchev–Trinajstić information content (AvgIpc) is 2.45. The van der Waals surface area contributed by atoms with Gasteiger partial charge in [-0.1, -0.05) is 6.92 Å². The molecule has 0 N–H and O–H groups in total. The molecule has 18 heavy (non-hydrogen) atoms. The molecule has 0 amide bonds. The Balaban J connectivity index is 2.25. The Kier molecular flexibility index (Phi) is 3.14. The molecular formula is C13H22BFO3. The third-order valence-corrected chi connectivity index (χ3v) is 4.79. The summed E-state index contributed by atoms with van der Waals surface area (Å²) in [5, 5.41) is -0.861. The van der Waals surface area contributed by atoms with Gasteiger partial charge in [0.25, 0.3) is 0 Å². The quantitative estimate of drug-likeness (QED) is 0.676. The van der Waals surface area contributed by atoms with Gasteiger partial charge in [0.15, 0.2) is 12.0 Å². The first-order valence-electron chi connectivity index (χ1n) is 6.63. The van der Waals surface area contributed by atoms with Crippen molar-refractivity contribution >= 4 is 12.9 Å². The zero-order valence-corrected chi connectivity index (χ0v) is 11.9. The summed E-state index contributed by atoms with van der Waals surface area (Å²) in [5.41, 5.74) is -0.970. The Labute approximate surface area is 109 Å². The summed E-state index contributed by atoms with van der Waals surface area (Å²) in [7, 11) is -0.651. The highest BCUT2D eigenvalue weighted by Gasteiger charge is 2.62. The van der Waals surface area contributed by atoms with E-state index in [0.717, 1.165) is 0 Å². The normalized spacial score (nSPS) is 39.1. The molecule has 3 nitrogen and oxygen atoms in total.